The fraction of sp³-hybridized carbons (Fsp3) is 0.833. The summed E-state index contributed by atoms with van der Waals surface area (Å²) in [7, 11) is 0. The molecule has 1 aromatic heterocycles. The van der Waals surface area contributed by atoms with Crippen molar-refractivity contribution in [2.24, 2.45) is 11.3 Å². The van der Waals surface area contributed by atoms with Crippen LogP contribution in [0, 0.1) is 11.3 Å². The number of hydrogen-bond donors (Lipinski definition) is 2. The van der Waals surface area contributed by atoms with Crippen LogP contribution in [0.4, 0.5) is 0 Å². The van der Waals surface area contributed by atoms with Crippen molar-refractivity contribution in [2.75, 3.05) is 13.1 Å². The van der Waals surface area contributed by atoms with Crippen LogP contribution in [0.1, 0.15) is 64.4 Å². The van der Waals surface area contributed by atoms with Crippen molar-refractivity contribution in [3.05, 3.63) is 17.7 Å². The van der Waals surface area contributed by atoms with E-state index < -0.39 is 5.60 Å². The molecule has 2 aliphatic rings. The predicted octanol–water partition coefficient (Wildman–Crippen LogP) is 3.13. The van der Waals surface area contributed by atoms with Gasteiger partial charge in [0.25, 0.3) is 0 Å². The number of aromatic nitrogens is 2. The number of hydrogen-bond acceptors (Lipinski definition) is 3. The molecule has 4 nitrogen and oxygen atoms in total. The van der Waals surface area contributed by atoms with E-state index in [0.717, 1.165) is 44.2 Å². The maximum absolute atomic E-state index is 10.5. The molecule has 0 bridgehead atoms. The fourth-order valence-electron chi connectivity index (χ4n) is 3.98. The fourth-order valence-corrected chi connectivity index (χ4v) is 3.98. The maximum atomic E-state index is 10.5. The third-order valence-electron chi connectivity index (χ3n) is 6.02. The van der Waals surface area contributed by atoms with Crippen LogP contribution < -0.4 is 0 Å². The van der Waals surface area contributed by atoms with Gasteiger partial charge >= 0.3 is 0 Å². The molecule has 0 radical (unpaired) electrons. The van der Waals surface area contributed by atoms with Gasteiger partial charge in [0.1, 0.15) is 5.82 Å². The predicted molar refractivity (Wildman–Crippen MR) is 88.5 cm³/mol. The van der Waals surface area contributed by atoms with E-state index in [4.69, 9.17) is 0 Å². The van der Waals surface area contributed by atoms with Gasteiger partial charge < -0.3 is 10.1 Å². The number of piperidine rings is 1. The summed E-state index contributed by atoms with van der Waals surface area (Å²) in [6, 6.07) is 0. The molecule has 1 saturated heterocycles. The maximum Gasteiger partial charge on any atom is 0.106 e. The summed E-state index contributed by atoms with van der Waals surface area (Å²) >= 11 is 0. The summed E-state index contributed by atoms with van der Waals surface area (Å²) in [6.45, 7) is 9.09. The molecule has 1 aliphatic carbocycles. The second kappa shape index (κ2) is 5.97. The van der Waals surface area contributed by atoms with Crippen LogP contribution >= 0.6 is 0 Å². The van der Waals surface area contributed by atoms with Gasteiger partial charge in [0.05, 0.1) is 5.60 Å². The van der Waals surface area contributed by atoms with E-state index in [1.165, 1.54) is 31.4 Å². The van der Waals surface area contributed by atoms with E-state index in [-0.39, 0.29) is 5.41 Å². The molecule has 1 aromatic rings. The van der Waals surface area contributed by atoms with Crippen LogP contribution in [-0.2, 0) is 13.0 Å². The third kappa shape index (κ3) is 3.38. The number of aromatic amines is 1. The van der Waals surface area contributed by atoms with Crippen molar-refractivity contribution in [1.29, 1.82) is 0 Å². The van der Waals surface area contributed by atoms with Gasteiger partial charge in [-0.05, 0) is 19.3 Å². The Morgan fingerprint density at radius 3 is 2.73 bits per heavy atom. The monoisotopic (exact) mass is 305 g/mol. The molecular weight excluding hydrogens is 274 g/mol. The first kappa shape index (κ1) is 16.0. The minimum atomic E-state index is -0.564. The first-order chi connectivity index (χ1) is 10.4. The molecule has 2 N–H and O–H groups in total. The lowest BCUT2D eigenvalue weighted by molar-refractivity contribution is -0.107. The number of H-pyrrole nitrogens is 1. The quantitative estimate of drug-likeness (QED) is 0.898. The van der Waals surface area contributed by atoms with Gasteiger partial charge in [-0.1, -0.05) is 39.5 Å². The average Bonchev–Trinajstić information content (AvgIpc) is 3.07. The van der Waals surface area contributed by atoms with E-state index in [9.17, 15) is 5.11 Å². The summed E-state index contributed by atoms with van der Waals surface area (Å²) < 4.78 is 0. The van der Waals surface area contributed by atoms with E-state index in [1.807, 2.05) is 13.1 Å². The zero-order valence-corrected chi connectivity index (χ0v) is 14.4. The summed E-state index contributed by atoms with van der Waals surface area (Å²) in [6.07, 6.45) is 9.46. The van der Waals surface area contributed by atoms with Crippen LogP contribution in [0.5, 0.6) is 0 Å². The molecule has 124 valence electrons. The Kier molecular flexibility index (Phi) is 4.34. The molecule has 0 spiro atoms. The Labute approximate surface area is 134 Å². The third-order valence-corrected chi connectivity index (χ3v) is 6.02. The normalized spacial score (nSPS) is 30.0. The van der Waals surface area contributed by atoms with E-state index in [0.29, 0.717) is 0 Å². The summed E-state index contributed by atoms with van der Waals surface area (Å²) in [5, 5.41) is 10.5. The summed E-state index contributed by atoms with van der Waals surface area (Å²) in [4.78, 5) is 10.5. The molecule has 1 saturated carbocycles. The Balaban J connectivity index is 1.56. The molecular formula is C18H31N3O. The highest BCUT2D eigenvalue weighted by Gasteiger charge is 2.43. The average molecular weight is 305 g/mol. The van der Waals surface area contributed by atoms with Gasteiger partial charge in [0.2, 0.25) is 0 Å². The van der Waals surface area contributed by atoms with Gasteiger partial charge in [-0.15, -0.1) is 0 Å². The molecule has 4 heteroatoms. The first-order valence-corrected chi connectivity index (χ1v) is 8.83. The lowest BCUT2D eigenvalue weighted by atomic mass is 9.71. The lowest BCUT2D eigenvalue weighted by Gasteiger charge is -2.48. The molecule has 1 atom stereocenters. The zero-order chi connectivity index (χ0) is 15.8. The Hall–Kier alpha value is -0.870. The minimum absolute atomic E-state index is 0.0715. The van der Waals surface area contributed by atoms with Crippen LogP contribution in [0.25, 0.3) is 0 Å². The second-order valence-corrected chi connectivity index (χ2v) is 8.33. The topological polar surface area (TPSA) is 52.2 Å². The molecule has 0 unspecified atom stereocenters. The molecule has 1 aliphatic heterocycles. The minimum Gasteiger partial charge on any atom is -0.390 e. The summed E-state index contributed by atoms with van der Waals surface area (Å²) in [5.41, 5.74) is 0.577. The molecule has 3 rings (SSSR count). The van der Waals surface area contributed by atoms with Crippen molar-refractivity contribution in [3.63, 3.8) is 0 Å². The number of likely N-dealkylation sites (tertiary alicyclic amines) is 1. The first-order valence-electron chi connectivity index (χ1n) is 8.83. The van der Waals surface area contributed by atoms with Crippen LogP contribution in [0.3, 0.4) is 0 Å². The number of nitrogens with one attached hydrogen (secondary N) is 1. The van der Waals surface area contributed by atoms with Crippen molar-refractivity contribution in [2.45, 2.75) is 71.4 Å². The van der Waals surface area contributed by atoms with Gasteiger partial charge in [-0.3, -0.25) is 4.90 Å². The lowest BCUT2D eigenvalue weighted by Crippen LogP contribution is -2.55. The van der Waals surface area contributed by atoms with Gasteiger partial charge in [-0.25, -0.2) is 4.98 Å². The number of imidazole rings is 1. The van der Waals surface area contributed by atoms with Crippen LogP contribution in [-0.4, -0.2) is 38.7 Å². The van der Waals surface area contributed by atoms with Crippen molar-refractivity contribution >= 4 is 0 Å². The van der Waals surface area contributed by atoms with Crippen molar-refractivity contribution < 1.29 is 5.11 Å². The van der Waals surface area contributed by atoms with Crippen LogP contribution in [0.2, 0.25) is 0 Å². The van der Waals surface area contributed by atoms with Gasteiger partial charge in [-0.2, -0.15) is 0 Å². The standard InChI is InChI=1S/C18H31N3O/c1-17(2)13-21(9-8-18(17,3)22)12-15-11-19-16(20-15)10-14-6-4-5-7-14/h11,14,22H,4-10,12-13H2,1-3H3,(H,19,20)/t18-/m1/s1. The van der Waals surface area contributed by atoms with E-state index in [1.54, 1.807) is 0 Å². The largest absolute Gasteiger partial charge is 0.390 e. The molecule has 0 aromatic carbocycles. The molecule has 2 heterocycles. The Morgan fingerprint density at radius 1 is 1.32 bits per heavy atom. The Morgan fingerprint density at radius 2 is 2.05 bits per heavy atom. The number of rotatable bonds is 4. The molecule has 22 heavy (non-hydrogen) atoms. The number of nitrogens with zero attached hydrogens (tertiary/aromatic N) is 2. The van der Waals surface area contributed by atoms with E-state index in [2.05, 4.69) is 28.7 Å². The van der Waals surface area contributed by atoms with Crippen molar-refractivity contribution in [3.8, 4) is 0 Å². The van der Waals surface area contributed by atoms with Crippen LogP contribution in [0.15, 0.2) is 6.20 Å². The summed E-state index contributed by atoms with van der Waals surface area (Å²) in [5.74, 6) is 1.99. The van der Waals surface area contributed by atoms with E-state index >= 15 is 0 Å². The highest BCUT2D eigenvalue weighted by molar-refractivity contribution is 5.04. The Bertz CT molecular complexity index is 500. The van der Waals surface area contributed by atoms with Gasteiger partial charge in [0, 0.05) is 43.4 Å². The highest BCUT2D eigenvalue weighted by atomic mass is 16.3. The molecule has 2 fully saturated rings. The second-order valence-electron chi connectivity index (χ2n) is 8.33. The number of aliphatic hydroxyl groups is 1. The zero-order valence-electron chi connectivity index (χ0n) is 14.4. The highest BCUT2D eigenvalue weighted by Crippen LogP contribution is 2.38. The smallest absolute Gasteiger partial charge is 0.106 e. The molecule has 0 amide bonds. The SMILES string of the molecule is CC1(C)CN(Cc2cnc(CC3CCCC3)[nH]2)CC[C@@]1(C)O. The van der Waals surface area contributed by atoms with Gasteiger partial charge in [0.15, 0.2) is 0 Å². The van der Waals surface area contributed by atoms with Crippen molar-refractivity contribution in [1.82, 2.24) is 14.9 Å².